The fourth-order valence-electron chi connectivity index (χ4n) is 4.11. The molecule has 0 aliphatic carbocycles. The molecule has 0 aliphatic rings. The second kappa shape index (κ2) is 6.01. The van der Waals surface area contributed by atoms with Gasteiger partial charge in [-0.05, 0) is 48.9 Å². The van der Waals surface area contributed by atoms with Crippen LogP contribution in [0.4, 0.5) is 0 Å². The van der Waals surface area contributed by atoms with E-state index < -0.39 is 10.1 Å². The van der Waals surface area contributed by atoms with E-state index in [0.29, 0.717) is 32.7 Å². The number of hydrogen-bond donors (Lipinski definition) is 2. The van der Waals surface area contributed by atoms with Gasteiger partial charge in [-0.25, -0.2) is 0 Å². The number of aryl methyl sites for hydroxylation is 2. The number of aromatic amines is 1. The van der Waals surface area contributed by atoms with Crippen LogP contribution in [0.3, 0.4) is 0 Å². The number of aromatic nitrogens is 2. The molecule has 0 saturated heterocycles. The van der Waals surface area contributed by atoms with Crippen LogP contribution in [0.5, 0.6) is 0 Å². The van der Waals surface area contributed by atoms with E-state index in [1.807, 2.05) is 19.1 Å². The molecule has 7 nitrogen and oxygen atoms in total. The number of para-hydroxylation sites is 1. The summed E-state index contributed by atoms with van der Waals surface area (Å²) in [5, 5.41) is 1.42. The van der Waals surface area contributed by atoms with Crippen molar-refractivity contribution in [1.82, 2.24) is 9.55 Å². The largest absolute Gasteiger partial charge is 0.354 e. The predicted octanol–water partition coefficient (Wildman–Crippen LogP) is 3.24. The summed E-state index contributed by atoms with van der Waals surface area (Å²) in [6.07, 6.45) is 0. The molecule has 0 spiro atoms. The molecule has 0 fully saturated rings. The molecule has 0 saturated carbocycles. The van der Waals surface area contributed by atoms with Crippen molar-refractivity contribution in [2.45, 2.75) is 11.8 Å². The lowest BCUT2D eigenvalue weighted by atomic mass is 10.0. The maximum atomic E-state index is 13.2. The van der Waals surface area contributed by atoms with Crippen molar-refractivity contribution < 1.29 is 13.0 Å². The van der Waals surface area contributed by atoms with Gasteiger partial charge in [0, 0.05) is 34.1 Å². The molecule has 0 unspecified atom stereocenters. The molecule has 2 aromatic heterocycles. The molecule has 30 heavy (non-hydrogen) atoms. The van der Waals surface area contributed by atoms with Crippen molar-refractivity contribution in [2.75, 3.05) is 0 Å². The summed E-state index contributed by atoms with van der Waals surface area (Å²) in [5.41, 5.74) is 2.12. The molecule has 0 aliphatic heterocycles. The Kier molecular flexibility index (Phi) is 3.71. The van der Waals surface area contributed by atoms with Crippen molar-refractivity contribution in [3.8, 4) is 0 Å². The lowest BCUT2D eigenvalue weighted by Gasteiger charge is -2.14. The van der Waals surface area contributed by atoms with E-state index >= 15 is 0 Å². The number of hydrogen-bond acceptors (Lipinski definition) is 4. The van der Waals surface area contributed by atoms with Crippen molar-refractivity contribution in [1.29, 1.82) is 0 Å². The van der Waals surface area contributed by atoms with Crippen molar-refractivity contribution in [2.24, 2.45) is 7.05 Å². The first kappa shape index (κ1) is 18.5. The lowest BCUT2D eigenvalue weighted by molar-refractivity contribution is 0.484. The first-order chi connectivity index (χ1) is 14.2. The fourth-order valence-corrected chi connectivity index (χ4v) is 4.86. The van der Waals surface area contributed by atoms with Gasteiger partial charge in [-0.3, -0.25) is 14.1 Å². The highest BCUT2D eigenvalue weighted by molar-refractivity contribution is 7.86. The number of pyridine rings is 2. The summed E-state index contributed by atoms with van der Waals surface area (Å²) >= 11 is 0. The van der Waals surface area contributed by atoms with Crippen LogP contribution in [0.2, 0.25) is 0 Å². The van der Waals surface area contributed by atoms with Gasteiger partial charge >= 0.3 is 0 Å². The third-order valence-corrected chi connectivity index (χ3v) is 6.42. The molecule has 2 heterocycles. The molecule has 5 aromatic rings. The quantitative estimate of drug-likeness (QED) is 0.320. The lowest BCUT2D eigenvalue weighted by Crippen LogP contribution is -2.14. The summed E-state index contributed by atoms with van der Waals surface area (Å²) in [6.45, 7) is 1.93. The molecule has 0 radical (unpaired) electrons. The molecule has 8 heteroatoms. The van der Waals surface area contributed by atoms with E-state index in [2.05, 4.69) is 4.98 Å². The molecule has 2 N–H and O–H groups in total. The molecule has 5 rings (SSSR count). The van der Waals surface area contributed by atoms with Gasteiger partial charge in [0.05, 0.1) is 16.6 Å². The number of nitrogens with zero attached hydrogens (tertiary/aromatic N) is 1. The van der Waals surface area contributed by atoms with Gasteiger partial charge in [0.1, 0.15) is 4.90 Å². The standard InChI is InChI=1S/C22H16N2O5S/c1-11-6-7-12-16(8-11)23-17-9-15-18(10-14(17)21(12)25)24(2)20-13(22(15)26)4-3-5-19(20)30(27,28)29/h3-10H,1-2H3,(H,23,25)(H,27,28,29). The topological polar surface area (TPSA) is 109 Å². The molecular formula is C22H16N2O5S. The molecule has 150 valence electrons. The molecule has 0 amide bonds. The van der Waals surface area contributed by atoms with Gasteiger partial charge in [0.15, 0.2) is 10.9 Å². The molecular weight excluding hydrogens is 404 g/mol. The Morgan fingerprint density at radius 1 is 0.867 bits per heavy atom. The van der Waals surface area contributed by atoms with Crippen molar-refractivity contribution in [3.05, 3.63) is 74.5 Å². The van der Waals surface area contributed by atoms with Crippen LogP contribution in [0.15, 0.2) is 63.0 Å². The second-order valence-corrected chi connectivity index (χ2v) is 8.82. The van der Waals surface area contributed by atoms with Gasteiger partial charge in [0.2, 0.25) is 0 Å². The fraction of sp³-hybridized carbons (Fsp3) is 0.0909. The first-order valence-electron chi connectivity index (χ1n) is 9.16. The smallest absolute Gasteiger partial charge is 0.296 e. The summed E-state index contributed by atoms with van der Waals surface area (Å²) in [5.74, 6) is 0. The van der Waals surface area contributed by atoms with E-state index in [-0.39, 0.29) is 26.7 Å². The SMILES string of the molecule is Cc1ccc2c(=O)c3cc4c(cc3[nH]c2c1)c(=O)c1cccc(S(=O)(=O)O)c1n4C. The molecule has 0 atom stereocenters. The Bertz CT molecular complexity index is 1780. The normalized spacial score (nSPS) is 12.4. The van der Waals surface area contributed by atoms with E-state index in [1.165, 1.54) is 22.8 Å². The highest BCUT2D eigenvalue weighted by Crippen LogP contribution is 2.27. The van der Waals surface area contributed by atoms with Gasteiger partial charge in [-0.15, -0.1) is 0 Å². The van der Waals surface area contributed by atoms with Crippen LogP contribution in [-0.4, -0.2) is 22.5 Å². The Morgan fingerprint density at radius 3 is 2.30 bits per heavy atom. The van der Waals surface area contributed by atoms with Crippen LogP contribution in [0.25, 0.3) is 43.6 Å². The van der Waals surface area contributed by atoms with E-state index in [4.69, 9.17) is 0 Å². The number of rotatable bonds is 1. The van der Waals surface area contributed by atoms with E-state index in [9.17, 15) is 22.6 Å². The average Bonchev–Trinajstić information content (AvgIpc) is 2.70. The maximum absolute atomic E-state index is 13.2. The van der Waals surface area contributed by atoms with Crippen LogP contribution in [-0.2, 0) is 17.2 Å². The predicted molar refractivity (Wildman–Crippen MR) is 117 cm³/mol. The van der Waals surface area contributed by atoms with Gasteiger partial charge in [0.25, 0.3) is 10.1 Å². The third kappa shape index (κ3) is 2.51. The van der Waals surface area contributed by atoms with E-state index in [1.54, 1.807) is 25.2 Å². The Balaban J connectivity index is 2.05. The van der Waals surface area contributed by atoms with Crippen molar-refractivity contribution in [3.63, 3.8) is 0 Å². The zero-order valence-corrected chi connectivity index (χ0v) is 16.9. The highest BCUT2D eigenvalue weighted by Gasteiger charge is 2.20. The van der Waals surface area contributed by atoms with Gasteiger partial charge in [-0.1, -0.05) is 12.1 Å². The summed E-state index contributed by atoms with van der Waals surface area (Å²) in [7, 11) is -2.95. The minimum Gasteiger partial charge on any atom is -0.354 e. The Labute approximate surface area is 169 Å². The third-order valence-electron chi connectivity index (χ3n) is 5.53. The van der Waals surface area contributed by atoms with Crippen LogP contribution < -0.4 is 10.9 Å². The average molecular weight is 420 g/mol. The van der Waals surface area contributed by atoms with Crippen LogP contribution in [0, 0.1) is 6.92 Å². The Morgan fingerprint density at radius 2 is 1.57 bits per heavy atom. The zero-order chi connectivity index (χ0) is 21.4. The number of benzene rings is 3. The Hall–Kier alpha value is -3.49. The zero-order valence-electron chi connectivity index (χ0n) is 16.1. The van der Waals surface area contributed by atoms with Gasteiger partial charge < -0.3 is 9.55 Å². The number of nitrogens with one attached hydrogen (secondary N) is 1. The van der Waals surface area contributed by atoms with Crippen LogP contribution in [0.1, 0.15) is 5.56 Å². The van der Waals surface area contributed by atoms with Crippen LogP contribution >= 0.6 is 0 Å². The highest BCUT2D eigenvalue weighted by atomic mass is 32.2. The summed E-state index contributed by atoms with van der Waals surface area (Å²) in [6, 6.07) is 12.9. The summed E-state index contributed by atoms with van der Waals surface area (Å²) in [4.78, 5) is 29.1. The maximum Gasteiger partial charge on any atom is 0.296 e. The minimum absolute atomic E-state index is 0.0877. The summed E-state index contributed by atoms with van der Waals surface area (Å²) < 4.78 is 34.9. The van der Waals surface area contributed by atoms with Crippen molar-refractivity contribution >= 4 is 53.7 Å². The van der Waals surface area contributed by atoms with Gasteiger partial charge in [-0.2, -0.15) is 8.42 Å². The number of fused-ring (bicyclic) bond motifs is 4. The van der Waals surface area contributed by atoms with E-state index in [0.717, 1.165) is 5.56 Å². The number of H-pyrrole nitrogens is 1. The molecule has 3 aromatic carbocycles. The first-order valence-corrected chi connectivity index (χ1v) is 10.6. The minimum atomic E-state index is -4.55. The monoisotopic (exact) mass is 420 g/mol. The molecule has 0 bridgehead atoms. The second-order valence-electron chi connectivity index (χ2n) is 7.43.